The van der Waals surface area contributed by atoms with Crippen LogP contribution in [0.15, 0.2) is 30.5 Å². The molecule has 0 atom stereocenters. The Balaban J connectivity index is 2.08. The predicted octanol–water partition coefficient (Wildman–Crippen LogP) is 3.28. The first kappa shape index (κ1) is 12.5. The SMILES string of the molecule is CCSCCCn1ccc2cc(CO)ccc21. The predicted molar refractivity (Wildman–Crippen MR) is 75.5 cm³/mol. The van der Waals surface area contributed by atoms with E-state index in [0.29, 0.717) is 0 Å². The molecule has 1 N–H and O–H groups in total. The number of hydrogen-bond donors (Lipinski definition) is 1. The first-order chi connectivity index (χ1) is 8.35. The molecule has 0 radical (unpaired) electrons. The maximum absolute atomic E-state index is 9.09. The summed E-state index contributed by atoms with van der Waals surface area (Å²) in [5.74, 6) is 2.43. The largest absolute Gasteiger partial charge is 0.392 e. The lowest BCUT2D eigenvalue weighted by atomic mass is 10.2. The van der Waals surface area contributed by atoms with Crippen LogP contribution < -0.4 is 0 Å². The average Bonchev–Trinajstić information content (AvgIpc) is 2.77. The number of aliphatic hydroxyl groups excluding tert-OH is 1. The molecule has 0 aliphatic carbocycles. The van der Waals surface area contributed by atoms with Crippen molar-refractivity contribution in [1.29, 1.82) is 0 Å². The molecular formula is C14H19NOS. The van der Waals surface area contributed by atoms with Gasteiger partial charge < -0.3 is 9.67 Å². The van der Waals surface area contributed by atoms with Crippen LogP contribution in [0.2, 0.25) is 0 Å². The van der Waals surface area contributed by atoms with Gasteiger partial charge >= 0.3 is 0 Å². The van der Waals surface area contributed by atoms with Crippen LogP contribution in [0, 0.1) is 0 Å². The lowest BCUT2D eigenvalue weighted by Crippen LogP contribution is -1.97. The number of aromatic nitrogens is 1. The monoisotopic (exact) mass is 249 g/mol. The summed E-state index contributed by atoms with van der Waals surface area (Å²) >= 11 is 2.00. The molecule has 0 aliphatic rings. The quantitative estimate of drug-likeness (QED) is 0.795. The summed E-state index contributed by atoms with van der Waals surface area (Å²) in [5.41, 5.74) is 2.25. The van der Waals surface area contributed by atoms with Gasteiger partial charge in [-0.1, -0.05) is 13.0 Å². The fraction of sp³-hybridized carbons (Fsp3) is 0.429. The lowest BCUT2D eigenvalue weighted by Gasteiger charge is -2.05. The van der Waals surface area contributed by atoms with E-state index in [1.165, 1.54) is 28.8 Å². The van der Waals surface area contributed by atoms with Gasteiger partial charge in [0, 0.05) is 18.3 Å². The summed E-state index contributed by atoms with van der Waals surface area (Å²) in [6.45, 7) is 3.40. The van der Waals surface area contributed by atoms with Crippen LogP contribution in [0.1, 0.15) is 18.9 Å². The molecule has 17 heavy (non-hydrogen) atoms. The van der Waals surface area contributed by atoms with Gasteiger partial charge in [0.05, 0.1) is 6.61 Å². The fourth-order valence-electron chi connectivity index (χ4n) is 2.02. The summed E-state index contributed by atoms with van der Waals surface area (Å²) in [6, 6.07) is 8.29. The molecule has 0 aliphatic heterocycles. The first-order valence-corrected chi connectivity index (χ1v) is 7.27. The summed E-state index contributed by atoms with van der Waals surface area (Å²) < 4.78 is 2.30. The van der Waals surface area contributed by atoms with Crippen LogP contribution in [0.3, 0.4) is 0 Å². The van der Waals surface area contributed by atoms with Crippen molar-refractivity contribution in [2.45, 2.75) is 26.5 Å². The smallest absolute Gasteiger partial charge is 0.0682 e. The van der Waals surface area contributed by atoms with Crippen LogP contribution in [-0.2, 0) is 13.2 Å². The fourth-order valence-corrected chi connectivity index (χ4v) is 2.65. The molecule has 3 heteroatoms. The highest BCUT2D eigenvalue weighted by molar-refractivity contribution is 7.99. The van der Waals surface area contributed by atoms with E-state index >= 15 is 0 Å². The Hall–Kier alpha value is -0.930. The third-order valence-electron chi connectivity index (χ3n) is 2.91. The summed E-state index contributed by atoms with van der Waals surface area (Å²) in [6.07, 6.45) is 3.35. The lowest BCUT2D eigenvalue weighted by molar-refractivity contribution is 0.282. The maximum Gasteiger partial charge on any atom is 0.0682 e. The molecule has 0 amide bonds. The summed E-state index contributed by atoms with van der Waals surface area (Å²) in [7, 11) is 0. The van der Waals surface area contributed by atoms with Gasteiger partial charge in [-0.15, -0.1) is 0 Å². The molecule has 2 aromatic rings. The number of thioether (sulfide) groups is 1. The van der Waals surface area contributed by atoms with E-state index < -0.39 is 0 Å². The van der Waals surface area contributed by atoms with Crippen LogP contribution >= 0.6 is 11.8 Å². The van der Waals surface area contributed by atoms with E-state index in [0.717, 1.165) is 12.1 Å². The molecule has 1 aromatic carbocycles. The zero-order chi connectivity index (χ0) is 12.1. The van der Waals surface area contributed by atoms with Crippen molar-refractivity contribution in [2.24, 2.45) is 0 Å². The van der Waals surface area contributed by atoms with E-state index in [4.69, 9.17) is 5.11 Å². The van der Waals surface area contributed by atoms with Crippen molar-refractivity contribution in [2.75, 3.05) is 11.5 Å². The number of aliphatic hydroxyl groups is 1. The van der Waals surface area contributed by atoms with Gasteiger partial charge in [-0.05, 0) is 47.1 Å². The molecule has 0 saturated heterocycles. The van der Waals surface area contributed by atoms with Gasteiger partial charge in [-0.25, -0.2) is 0 Å². The highest BCUT2D eigenvalue weighted by Gasteiger charge is 2.01. The second-order valence-electron chi connectivity index (χ2n) is 4.11. The third kappa shape index (κ3) is 3.05. The Morgan fingerprint density at radius 2 is 2.18 bits per heavy atom. The molecule has 1 heterocycles. The molecule has 92 valence electrons. The average molecular weight is 249 g/mol. The van der Waals surface area contributed by atoms with Gasteiger partial charge in [-0.2, -0.15) is 11.8 Å². The third-order valence-corrected chi connectivity index (χ3v) is 3.90. The molecule has 0 unspecified atom stereocenters. The van der Waals surface area contributed by atoms with Crippen LogP contribution in [0.25, 0.3) is 10.9 Å². The topological polar surface area (TPSA) is 25.2 Å². The molecule has 0 fully saturated rings. The summed E-state index contributed by atoms with van der Waals surface area (Å²) in [4.78, 5) is 0. The van der Waals surface area contributed by atoms with Crippen molar-refractivity contribution in [3.63, 3.8) is 0 Å². The Morgan fingerprint density at radius 1 is 1.29 bits per heavy atom. The number of fused-ring (bicyclic) bond motifs is 1. The van der Waals surface area contributed by atoms with E-state index in [2.05, 4.69) is 35.9 Å². The van der Waals surface area contributed by atoms with E-state index in [1.54, 1.807) is 0 Å². The number of rotatable bonds is 6. The Labute approximate surface area is 107 Å². The Kier molecular flexibility index (Phi) is 4.51. The van der Waals surface area contributed by atoms with Crippen molar-refractivity contribution in [1.82, 2.24) is 4.57 Å². The molecule has 0 bridgehead atoms. The Morgan fingerprint density at radius 3 is 2.94 bits per heavy atom. The van der Waals surface area contributed by atoms with E-state index in [9.17, 15) is 0 Å². The van der Waals surface area contributed by atoms with Crippen molar-refractivity contribution in [3.8, 4) is 0 Å². The summed E-state index contributed by atoms with van der Waals surface area (Å²) in [5, 5.41) is 10.3. The highest BCUT2D eigenvalue weighted by atomic mass is 32.2. The minimum Gasteiger partial charge on any atom is -0.392 e. The number of hydrogen-bond acceptors (Lipinski definition) is 2. The van der Waals surface area contributed by atoms with E-state index in [-0.39, 0.29) is 6.61 Å². The van der Waals surface area contributed by atoms with Gasteiger partial charge in [0.1, 0.15) is 0 Å². The van der Waals surface area contributed by atoms with E-state index in [1.807, 2.05) is 17.8 Å². The highest BCUT2D eigenvalue weighted by Crippen LogP contribution is 2.18. The minimum absolute atomic E-state index is 0.119. The molecule has 1 aromatic heterocycles. The molecular weight excluding hydrogens is 230 g/mol. The van der Waals surface area contributed by atoms with Crippen molar-refractivity contribution in [3.05, 3.63) is 36.0 Å². The van der Waals surface area contributed by atoms with Crippen LogP contribution in [0.5, 0.6) is 0 Å². The van der Waals surface area contributed by atoms with Gasteiger partial charge in [0.15, 0.2) is 0 Å². The van der Waals surface area contributed by atoms with Crippen LogP contribution in [0.4, 0.5) is 0 Å². The molecule has 2 rings (SSSR count). The van der Waals surface area contributed by atoms with Gasteiger partial charge in [0.2, 0.25) is 0 Å². The zero-order valence-electron chi connectivity index (χ0n) is 10.2. The molecule has 0 spiro atoms. The maximum atomic E-state index is 9.09. The first-order valence-electron chi connectivity index (χ1n) is 6.11. The zero-order valence-corrected chi connectivity index (χ0v) is 11.0. The van der Waals surface area contributed by atoms with Crippen molar-refractivity contribution >= 4 is 22.7 Å². The van der Waals surface area contributed by atoms with Gasteiger partial charge in [0.25, 0.3) is 0 Å². The Bertz CT molecular complexity index is 478. The van der Waals surface area contributed by atoms with Gasteiger partial charge in [-0.3, -0.25) is 0 Å². The standard InChI is InChI=1S/C14H19NOS/c1-2-17-9-3-7-15-8-6-13-10-12(11-16)4-5-14(13)15/h4-6,8,10,16H,2-3,7,9,11H2,1H3. The number of aryl methyl sites for hydroxylation is 1. The molecule has 2 nitrogen and oxygen atoms in total. The second-order valence-corrected chi connectivity index (χ2v) is 5.50. The van der Waals surface area contributed by atoms with Crippen molar-refractivity contribution < 1.29 is 5.11 Å². The molecule has 0 saturated carbocycles. The van der Waals surface area contributed by atoms with Crippen LogP contribution in [-0.4, -0.2) is 21.2 Å². The number of nitrogens with zero attached hydrogens (tertiary/aromatic N) is 1. The number of benzene rings is 1. The minimum atomic E-state index is 0.119. The second kappa shape index (κ2) is 6.12. The normalized spacial score (nSPS) is 11.2.